The first-order valence-corrected chi connectivity index (χ1v) is 4.75. The molecule has 5 nitrogen and oxygen atoms in total. The van der Waals surface area contributed by atoms with Crippen LogP contribution in [0, 0.1) is 11.2 Å². The van der Waals surface area contributed by atoms with Gasteiger partial charge in [0.2, 0.25) is 0 Å². The van der Waals surface area contributed by atoms with Crippen LogP contribution in [0.5, 0.6) is 0 Å². The van der Waals surface area contributed by atoms with Crippen LogP contribution >= 0.6 is 15.9 Å². The highest BCUT2D eigenvalue weighted by atomic mass is 79.9. The molecule has 0 aliphatic heterocycles. The van der Waals surface area contributed by atoms with Gasteiger partial charge in [-0.3, -0.25) is 10.2 Å². The van der Waals surface area contributed by atoms with Crippen LogP contribution in [0.25, 0.3) is 0 Å². The third kappa shape index (κ3) is 22.8. The predicted molar refractivity (Wildman–Crippen MR) is 63.5 cm³/mol. The van der Waals surface area contributed by atoms with Gasteiger partial charge in [-0.15, -0.1) is 0 Å². The Labute approximate surface area is 101 Å². The van der Waals surface area contributed by atoms with E-state index >= 15 is 0 Å². The molecule has 7 heteroatoms. The summed E-state index contributed by atoms with van der Waals surface area (Å²) in [5, 5.41) is 13.5. The molecule has 1 aromatic carbocycles. The van der Waals surface area contributed by atoms with Crippen LogP contribution in [0.4, 0.5) is 4.39 Å². The van der Waals surface area contributed by atoms with Gasteiger partial charge in [-0.1, -0.05) is 15.9 Å². The van der Waals surface area contributed by atoms with E-state index in [9.17, 15) is 4.39 Å². The maximum Gasteiger partial charge on any atom is 0.300 e. The fraction of sp³-hybridized carbons (Fsp3) is 0.111. The average molecular weight is 294 g/mol. The number of nitrogens with one attached hydrogen (secondary N) is 1. The highest BCUT2D eigenvalue weighted by Gasteiger charge is 1.84. The van der Waals surface area contributed by atoms with E-state index in [1.54, 1.807) is 12.1 Å². The fourth-order valence-electron chi connectivity index (χ4n) is 0.430. The summed E-state index contributed by atoms with van der Waals surface area (Å²) >= 11 is 3.18. The van der Waals surface area contributed by atoms with Crippen molar-refractivity contribution in [1.29, 1.82) is 5.41 Å². The number of rotatable bonds is 0. The zero-order chi connectivity index (χ0) is 13.1. The lowest BCUT2D eigenvalue weighted by molar-refractivity contribution is -0.134. The van der Waals surface area contributed by atoms with Gasteiger partial charge in [0.05, 0.1) is 0 Å². The number of hydrogen-bond acceptors (Lipinski definition) is 2. The molecule has 0 saturated heterocycles. The van der Waals surface area contributed by atoms with Gasteiger partial charge in [-0.2, -0.15) is 0 Å². The lowest BCUT2D eigenvalue weighted by Gasteiger charge is -1.85. The molecular weight excluding hydrogens is 281 g/mol. The lowest BCUT2D eigenvalue weighted by atomic mass is 10.4. The summed E-state index contributed by atoms with van der Waals surface area (Å²) in [6.45, 7) is 1.08. The Hall–Kier alpha value is -1.63. The molecule has 0 bridgehead atoms. The topological polar surface area (TPSA) is 113 Å². The second-order valence-electron chi connectivity index (χ2n) is 2.41. The molecule has 1 rings (SSSR count). The van der Waals surface area contributed by atoms with E-state index in [-0.39, 0.29) is 11.8 Å². The molecule has 0 spiro atoms. The van der Waals surface area contributed by atoms with Crippen molar-refractivity contribution in [3.63, 3.8) is 0 Å². The molecule has 0 aliphatic rings. The first kappa shape index (κ1) is 16.8. The maximum absolute atomic E-state index is 12.1. The summed E-state index contributed by atoms with van der Waals surface area (Å²) in [7, 11) is 0. The summed E-state index contributed by atoms with van der Waals surface area (Å²) in [5.41, 5.74) is 8.94. The number of nitrogens with two attached hydrogens (primary N) is 2. The van der Waals surface area contributed by atoms with E-state index in [2.05, 4.69) is 27.4 Å². The molecular formula is C9H13BrFN3O2. The molecule has 0 fully saturated rings. The van der Waals surface area contributed by atoms with Crippen molar-refractivity contribution in [2.24, 2.45) is 11.5 Å². The van der Waals surface area contributed by atoms with Crippen molar-refractivity contribution < 1.29 is 14.3 Å². The normalized spacial score (nSPS) is 7.69. The number of aliphatic carboxylic acids is 1. The Bertz CT molecular complexity index is 289. The van der Waals surface area contributed by atoms with E-state index < -0.39 is 5.97 Å². The predicted octanol–water partition coefficient (Wildman–Crippen LogP) is 1.52. The minimum absolute atomic E-state index is 0.201. The Morgan fingerprint density at radius 2 is 1.62 bits per heavy atom. The Kier molecular flexibility index (Phi) is 10.4. The summed E-state index contributed by atoms with van der Waals surface area (Å²) in [4.78, 5) is 9.00. The minimum atomic E-state index is -0.833. The largest absolute Gasteiger partial charge is 0.481 e. The Balaban J connectivity index is 0. The van der Waals surface area contributed by atoms with Crippen LogP contribution in [-0.2, 0) is 4.79 Å². The zero-order valence-corrected chi connectivity index (χ0v) is 10.2. The van der Waals surface area contributed by atoms with Gasteiger partial charge in [0.25, 0.3) is 5.97 Å². The molecule has 0 radical (unpaired) electrons. The van der Waals surface area contributed by atoms with Crippen molar-refractivity contribution in [3.05, 3.63) is 34.6 Å². The molecule has 1 aromatic rings. The standard InChI is InChI=1S/C6H4BrF.C2H4O2.CH5N3/c7-5-1-3-6(8)4-2-5;1-2(3)4;2-1(3)4/h1-4H;1H3,(H,3,4);(H5,2,3,4). The molecule has 0 amide bonds. The fourth-order valence-corrected chi connectivity index (χ4v) is 0.694. The van der Waals surface area contributed by atoms with Gasteiger partial charge in [0.1, 0.15) is 5.82 Å². The number of halogens is 2. The third-order valence-corrected chi connectivity index (χ3v) is 1.33. The molecule has 0 aliphatic carbocycles. The molecule has 6 N–H and O–H groups in total. The number of benzene rings is 1. The van der Waals surface area contributed by atoms with Gasteiger partial charge in [0.15, 0.2) is 5.96 Å². The summed E-state index contributed by atoms with van der Waals surface area (Å²) in [6.07, 6.45) is 0. The number of guanidine groups is 1. The number of carbonyl (C=O) groups is 1. The first-order valence-electron chi connectivity index (χ1n) is 3.95. The van der Waals surface area contributed by atoms with Gasteiger partial charge < -0.3 is 16.6 Å². The summed E-state index contributed by atoms with van der Waals surface area (Å²) in [5.74, 6) is -1.37. The van der Waals surface area contributed by atoms with E-state index in [1.165, 1.54) is 12.1 Å². The Morgan fingerprint density at radius 1 is 1.38 bits per heavy atom. The van der Waals surface area contributed by atoms with Crippen LogP contribution in [-0.4, -0.2) is 17.0 Å². The number of carboxylic acid groups (broad SMARTS) is 1. The van der Waals surface area contributed by atoms with Crippen molar-refractivity contribution in [2.75, 3.05) is 0 Å². The molecule has 0 atom stereocenters. The van der Waals surface area contributed by atoms with Gasteiger partial charge in [-0.05, 0) is 24.3 Å². The van der Waals surface area contributed by atoms with Crippen molar-refractivity contribution in [3.8, 4) is 0 Å². The second-order valence-corrected chi connectivity index (χ2v) is 3.33. The highest BCUT2D eigenvalue weighted by molar-refractivity contribution is 9.10. The molecule has 0 aromatic heterocycles. The molecule has 0 unspecified atom stereocenters. The van der Waals surface area contributed by atoms with Crippen LogP contribution < -0.4 is 11.5 Å². The molecule has 0 heterocycles. The lowest BCUT2D eigenvalue weighted by Crippen LogP contribution is -2.20. The SMILES string of the molecule is CC(=O)O.Fc1ccc(Br)cc1.N=C(N)N. The average Bonchev–Trinajstić information content (AvgIpc) is 2.08. The van der Waals surface area contributed by atoms with Crippen LogP contribution in [0.15, 0.2) is 28.7 Å². The second kappa shape index (κ2) is 9.91. The number of hydrogen-bond donors (Lipinski definition) is 4. The van der Waals surface area contributed by atoms with E-state index in [1.807, 2.05) is 0 Å². The quantitative estimate of drug-likeness (QED) is 0.429. The maximum atomic E-state index is 12.1. The van der Waals surface area contributed by atoms with Crippen molar-refractivity contribution >= 4 is 27.9 Å². The van der Waals surface area contributed by atoms with E-state index in [0.29, 0.717) is 0 Å². The Morgan fingerprint density at radius 3 is 1.81 bits per heavy atom. The van der Waals surface area contributed by atoms with E-state index in [4.69, 9.17) is 15.3 Å². The molecule has 16 heavy (non-hydrogen) atoms. The minimum Gasteiger partial charge on any atom is -0.481 e. The third-order valence-electron chi connectivity index (χ3n) is 0.804. The van der Waals surface area contributed by atoms with Gasteiger partial charge in [-0.25, -0.2) is 4.39 Å². The molecule has 90 valence electrons. The van der Waals surface area contributed by atoms with Gasteiger partial charge >= 0.3 is 0 Å². The van der Waals surface area contributed by atoms with E-state index in [0.717, 1.165) is 11.4 Å². The van der Waals surface area contributed by atoms with Crippen LogP contribution in [0.1, 0.15) is 6.92 Å². The summed E-state index contributed by atoms with van der Waals surface area (Å²) in [6, 6.07) is 6.14. The van der Waals surface area contributed by atoms with Crippen molar-refractivity contribution in [2.45, 2.75) is 6.92 Å². The van der Waals surface area contributed by atoms with Crippen LogP contribution in [0.2, 0.25) is 0 Å². The smallest absolute Gasteiger partial charge is 0.300 e. The zero-order valence-electron chi connectivity index (χ0n) is 8.58. The van der Waals surface area contributed by atoms with Crippen molar-refractivity contribution in [1.82, 2.24) is 0 Å². The first-order chi connectivity index (χ1) is 7.25. The monoisotopic (exact) mass is 293 g/mol. The number of carboxylic acids is 1. The highest BCUT2D eigenvalue weighted by Crippen LogP contribution is 2.08. The molecule has 0 saturated carbocycles. The van der Waals surface area contributed by atoms with Crippen LogP contribution in [0.3, 0.4) is 0 Å². The summed E-state index contributed by atoms with van der Waals surface area (Å²) < 4.78 is 13.0. The van der Waals surface area contributed by atoms with Gasteiger partial charge in [0, 0.05) is 11.4 Å².